The second kappa shape index (κ2) is 5.78. The maximum atomic E-state index is 5.75. The van der Waals surface area contributed by atoms with Gasteiger partial charge >= 0.3 is 0 Å². The van der Waals surface area contributed by atoms with Crippen molar-refractivity contribution in [1.82, 2.24) is 0 Å². The van der Waals surface area contributed by atoms with Gasteiger partial charge in [0.2, 0.25) is 0 Å². The average molecular weight is 230 g/mol. The molecule has 4 N–H and O–H groups in total. The minimum absolute atomic E-state index is 0.140. The number of hydrogen-bond donors (Lipinski definition) is 2. The monoisotopic (exact) mass is 229 g/mol. The first-order chi connectivity index (χ1) is 6.68. The zero-order valence-corrected chi connectivity index (χ0v) is 9.18. The number of nitrogens with zero attached hydrogens (tertiary/aromatic N) is 1. The van der Waals surface area contributed by atoms with E-state index in [-0.39, 0.29) is 5.96 Å². The SMILES string of the molecule is NC(N)=NCCSc1ccc(Cl)cc1. The van der Waals surface area contributed by atoms with Crippen molar-refractivity contribution in [3.8, 4) is 0 Å². The summed E-state index contributed by atoms with van der Waals surface area (Å²) in [5.74, 6) is 1.00. The highest BCUT2D eigenvalue weighted by Gasteiger charge is 1.93. The van der Waals surface area contributed by atoms with Gasteiger partial charge in [-0.1, -0.05) is 11.6 Å². The fourth-order valence-corrected chi connectivity index (χ4v) is 1.74. The normalized spacial score (nSPS) is 9.79. The lowest BCUT2D eigenvalue weighted by Gasteiger charge is -1.99. The van der Waals surface area contributed by atoms with Crippen molar-refractivity contribution in [3.05, 3.63) is 29.3 Å². The Morgan fingerprint density at radius 1 is 1.29 bits per heavy atom. The largest absolute Gasteiger partial charge is 0.370 e. The van der Waals surface area contributed by atoms with Crippen LogP contribution in [0.5, 0.6) is 0 Å². The Bertz CT molecular complexity index is 306. The van der Waals surface area contributed by atoms with Crippen molar-refractivity contribution in [1.29, 1.82) is 0 Å². The lowest BCUT2D eigenvalue weighted by Crippen LogP contribution is -2.23. The molecule has 0 radical (unpaired) electrons. The van der Waals surface area contributed by atoms with E-state index in [9.17, 15) is 0 Å². The topological polar surface area (TPSA) is 64.4 Å². The molecule has 0 saturated carbocycles. The van der Waals surface area contributed by atoms with Gasteiger partial charge in [-0.25, -0.2) is 0 Å². The van der Waals surface area contributed by atoms with E-state index < -0.39 is 0 Å². The van der Waals surface area contributed by atoms with E-state index >= 15 is 0 Å². The molecule has 14 heavy (non-hydrogen) atoms. The van der Waals surface area contributed by atoms with Crippen molar-refractivity contribution in [3.63, 3.8) is 0 Å². The smallest absolute Gasteiger partial charge is 0.185 e. The van der Waals surface area contributed by atoms with Gasteiger partial charge < -0.3 is 11.5 Å². The molecule has 0 aromatic heterocycles. The Kier molecular flexibility index (Phi) is 4.62. The van der Waals surface area contributed by atoms with E-state index in [1.54, 1.807) is 11.8 Å². The highest BCUT2D eigenvalue weighted by Crippen LogP contribution is 2.19. The van der Waals surface area contributed by atoms with Crippen LogP contribution in [0.4, 0.5) is 0 Å². The van der Waals surface area contributed by atoms with Crippen molar-refractivity contribution in [2.75, 3.05) is 12.3 Å². The lowest BCUT2D eigenvalue weighted by atomic mass is 10.4. The number of thioether (sulfide) groups is 1. The van der Waals surface area contributed by atoms with Gasteiger partial charge in [0.25, 0.3) is 0 Å². The number of guanidine groups is 1. The minimum Gasteiger partial charge on any atom is -0.370 e. The average Bonchev–Trinajstić information content (AvgIpc) is 2.15. The maximum Gasteiger partial charge on any atom is 0.185 e. The molecule has 1 rings (SSSR count). The molecule has 0 amide bonds. The molecule has 0 heterocycles. The number of halogens is 1. The van der Waals surface area contributed by atoms with Crippen LogP contribution in [-0.4, -0.2) is 18.3 Å². The maximum absolute atomic E-state index is 5.75. The van der Waals surface area contributed by atoms with E-state index in [4.69, 9.17) is 23.1 Å². The molecule has 5 heteroatoms. The quantitative estimate of drug-likeness (QED) is 0.358. The third kappa shape index (κ3) is 4.39. The summed E-state index contributed by atoms with van der Waals surface area (Å²) in [5.41, 5.74) is 10.4. The molecule has 3 nitrogen and oxygen atoms in total. The molecule has 1 aromatic carbocycles. The van der Waals surface area contributed by atoms with E-state index in [0.29, 0.717) is 6.54 Å². The molecule has 0 aliphatic heterocycles. The van der Waals surface area contributed by atoms with Crippen LogP contribution in [0.25, 0.3) is 0 Å². The Balaban J connectivity index is 2.32. The Hall–Kier alpha value is -0.870. The highest BCUT2D eigenvalue weighted by atomic mass is 35.5. The number of benzene rings is 1. The summed E-state index contributed by atoms with van der Waals surface area (Å²) in [6.45, 7) is 0.635. The van der Waals surface area contributed by atoms with Crippen LogP contribution in [0.3, 0.4) is 0 Å². The molecule has 0 aliphatic rings. The number of hydrogen-bond acceptors (Lipinski definition) is 2. The summed E-state index contributed by atoms with van der Waals surface area (Å²) in [4.78, 5) is 5.05. The van der Waals surface area contributed by atoms with Gasteiger partial charge in [-0.3, -0.25) is 4.99 Å². The van der Waals surface area contributed by atoms with E-state index in [2.05, 4.69) is 4.99 Å². The zero-order chi connectivity index (χ0) is 10.4. The van der Waals surface area contributed by atoms with Crippen LogP contribution >= 0.6 is 23.4 Å². The summed E-state index contributed by atoms with van der Waals surface area (Å²) in [7, 11) is 0. The second-order valence-electron chi connectivity index (χ2n) is 2.61. The van der Waals surface area contributed by atoms with Gasteiger partial charge in [0.15, 0.2) is 5.96 Å². The molecule has 0 fully saturated rings. The lowest BCUT2D eigenvalue weighted by molar-refractivity contribution is 1.12. The van der Waals surface area contributed by atoms with Gasteiger partial charge in [0.1, 0.15) is 0 Å². The van der Waals surface area contributed by atoms with Crippen LogP contribution in [-0.2, 0) is 0 Å². The molecule has 0 unspecified atom stereocenters. The summed E-state index contributed by atoms with van der Waals surface area (Å²) in [6, 6.07) is 7.68. The molecule has 0 aliphatic carbocycles. The number of nitrogens with two attached hydrogens (primary N) is 2. The standard InChI is InChI=1S/C9H12ClN3S/c10-7-1-3-8(4-2-7)14-6-5-13-9(11)12/h1-4H,5-6H2,(H4,11,12,13). The van der Waals surface area contributed by atoms with Crippen LogP contribution in [0.1, 0.15) is 0 Å². The van der Waals surface area contributed by atoms with Gasteiger partial charge in [-0.2, -0.15) is 0 Å². The Morgan fingerprint density at radius 2 is 1.93 bits per heavy atom. The fourth-order valence-electron chi connectivity index (χ4n) is 0.869. The van der Waals surface area contributed by atoms with E-state index in [0.717, 1.165) is 10.8 Å². The first-order valence-corrected chi connectivity index (χ1v) is 5.48. The second-order valence-corrected chi connectivity index (χ2v) is 4.21. The summed E-state index contributed by atoms with van der Waals surface area (Å²) in [5, 5.41) is 0.749. The van der Waals surface area contributed by atoms with Crippen LogP contribution in [0, 0.1) is 0 Å². The van der Waals surface area contributed by atoms with E-state index in [1.807, 2.05) is 24.3 Å². The van der Waals surface area contributed by atoms with Crippen molar-refractivity contribution in [2.24, 2.45) is 16.5 Å². The minimum atomic E-state index is 0.140. The molecule has 76 valence electrons. The third-order valence-corrected chi connectivity index (χ3v) is 2.71. The molecular formula is C9H12ClN3S. The van der Waals surface area contributed by atoms with Gasteiger partial charge in [0, 0.05) is 15.7 Å². The molecule has 0 atom stereocenters. The first kappa shape index (κ1) is 11.2. The summed E-state index contributed by atoms with van der Waals surface area (Å²) < 4.78 is 0. The number of rotatable bonds is 4. The van der Waals surface area contributed by atoms with Gasteiger partial charge in [-0.05, 0) is 24.3 Å². The zero-order valence-electron chi connectivity index (χ0n) is 7.61. The van der Waals surface area contributed by atoms with Crippen LogP contribution < -0.4 is 11.5 Å². The highest BCUT2D eigenvalue weighted by molar-refractivity contribution is 7.99. The predicted molar refractivity (Wildman–Crippen MR) is 62.9 cm³/mol. The molecule has 1 aromatic rings. The van der Waals surface area contributed by atoms with Crippen molar-refractivity contribution < 1.29 is 0 Å². The third-order valence-electron chi connectivity index (χ3n) is 1.47. The Labute approximate surface area is 92.5 Å². The van der Waals surface area contributed by atoms with Gasteiger partial charge in [-0.15, -0.1) is 11.8 Å². The predicted octanol–water partition coefficient (Wildman–Crippen LogP) is 1.71. The summed E-state index contributed by atoms with van der Waals surface area (Å²) in [6.07, 6.45) is 0. The van der Waals surface area contributed by atoms with E-state index in [1.165, 1.54) is 4.90 Å². The van der Waals surface area contributed by atoms with Crippen LogP contribution in [0.2, 0.25) is 5.02 Å². The Morgan fingerprint density at radius 3 is 2.50 bits per heavy atom. The summed E-state index contributed by atoms with van der Waals surface area (Å²) >= 11 is 7.44. The molecular weight excluding hydrogens is 218 g/mol. The molecule has 0 bridgehead atoms. The van der Waals surface area contributed by atoms with Gasteiger partial charge in [0.05, 0.1) is 6.54 Å². The van der Waals surface area contributed by atoms with Crippen molar-refractivity contribution in [2.45, 2.75) is 4.90 Å². The van der Waals surface area contributed by atoms with Crippen molar-refractivity contribution >= 4 is 29.3 Å². The molecule has 0 spiro atoms. The first-order valence-electron chi connectivity index (χ1n) is 4.12. The fraction of sp³-hybridized carbons (Fsp3) is 0.222. The molecule has 0 saturated heterocycles. The number of aliphatic imine (C=N–C) groups is 1. The van der Waals surface area contributed by atoms with Crippen LogP contribution in [0.15, 0.2) is 34.2 Å².